The third-order valence-electron chi connectivity index (χ3n) is 5.65. The number of ketones is 1. The van der Waals surface area contributed by atoms with Crippen molar-refractivity contribution in [2.24, 2.45) is 5.73 Å². The Morgan fingerprint density at radius 3 is 2.12 bits per heavy atom. The molecule has 0 heterocycles. The minimum absolute atomic E-state index is 0.302. The molecule has 33 heavy (non-hydrogen) atoms. The fourth-order valence-corrected chi connectivity index (χ4v) is 4.32. The predicted octanol–water partition coefficient (Wildman–Crippen LogP) is 3.93. The maximum absolute atomic E-state index is 13.7. The van der Waals surface area contributed by atoms with E-state index in [0.717, 1.165) is 22.3 Å². The van der Waals surface area contributed by atoms with Crippen LogP contribution in [0.15, 0.2) is 48.5 Å². The van der Waals surface area contributed by atoms with Crippen LogP contribution in [0.3, 0.4) is 0 Å². The monoisotopic (exact) mass is 452 g/mol. The number of Topliss-reactive ketones (excluding diaryl/α,β-unsaturated/α-hetero) is 1. The van der Waals surface area contributed by atoms with E-state index in [1.54, 1.807) is 20.8 Å². The first kappa shape index (κ1) is 24.5. The lowest BCUT2D eigenvalue weighted by Gasteiger charge is -2.28. The second-order valence-corrected chi connectivity index (χ2v) is 9.19. The van der Waals surface area contributed by atoms with Crippen molar-refractivity contribution in [3.63, 3.8) is 0 Å². The SMILES string of the molecule is CC(C)(C)OC(=O)N[C@@H](CCCCN)C(=O)C(OC=O)C1c2ccccc2-c2ccccc21. The molecule has 2 atom stereocenters. The number of nitrogens with two attached hydrogens (primary N) is 1. The molecule has 176 valence electrons. The molecule has 2 aromatic rings. The van der Waals surface area contributed by atoms with E-state index in [1.165, 1.54) is 0 Å². The van der Waals surface area contributed by atoms with Crippen molar-refractivity contribution in [1.82, 2.24) is 5.32 Å². The summed E-state index contributed by atoms with van der Waals surface area (Å²) in [4.78, 5) is 37.7. The van der Waals surface area contributed by atoms with Gasteiger partial charge in [-0.2, -0.15) is 0 Å². The third-order valence-corrected chi connectivity index (χ3v) is 5.65. The van der Waals surface area contributed by atoms with Crippen LogP contribution >= 0.6 is 0 Å². The van der Waals surface area contributed by atoms with Crippen LogP contribution in [-0.2, 0) is 19.1 Å². The lowest BCUT2D eigenvalue weighted by molar-refractivity contribution is -0.145. The Labute approximate surface area is 194 Å². The Kier molecular flexibility index (Phi) is 7.87. The normalized spacial score (nSPS) is 14.5. The van der Waals surface area contributed by atoms with Gasteiger partial charge in [0.2, 0.25) is 0 Å². The summed E-state index contributed by atoms with van der Waals surface area (Å²) >= 11 is 0. The van der Waals surface area contributed by atoms with Crippen LogP contribution < -0.4 is 11.1 Å². The van der Waals surface area contributed by atoms with E-state index in [1.807, 2.05) is 48.5 Å². The van der Waals surface area contributed by atoms with Crippen molar-refractivity contribution in [1.29, 1.82) is 0 Å². The summed E-state index contributed by atoms with van der Waals surface area (Å²) in [6.45, 7) is 6.04. The Morgan fingerprint density at radius 1 is 1.03 bits per heavy atom. The molecule has 3 rings (SSSR count). The first-order valence-corrected chi connectivity index (χ1v) is 11.3. The van der Waals surface area contributed by atoms with Gasteiger partial charge in [-0.05, 0) is 68.8 Å². The Morgan fingerprint density at radius 2 is 1.61 bits per heavy atom. The minimum Gasteiger partial charge on any atom is -0.455 e. The van der Waals surface area contributed by atoms with Gasteiger partial charge >= 0.3 is 6.09 Å². The average molecular weight is 453 g/mol. The lowest BCUT2D eigenvalue weighted by atomic mass is 9.86. The molecule has 1 aliphatic carbocycles. The molecule has 7 heteroatoms. The molecule has 0 aliphatic heterocycles. The quantitative estimate of drug-likeness (QED) is 0.418. The molecule has 0 saturated carbocycles. The standard InChI is InChI=1S/C26H32N2O5/c1-26(2,3)33-25(31)28-21(14-8-9-15-27)23(30)24(32-16-29)22-19-12-6-4-10-17(19)18-11-5-7-13-20(18)22/h4-7,10-13,16,21-22,24H,8-9,14-15,27H2,1-3H3,(H,28,31)/t21-,24?/m0/s1. The number of amides is 1. The van der Waals surface area contributed by atoms with Crippen molar-refractivity contribution >= 4 is 18.3 Å². The molecule has 1 unspecified atom stereocenters. The number of alkyl carbamates (subject to hydrolysis) is 1. The zero-order valence-corrected chi connectivity index (χ0v) is 19.4. The van der Waals surface area contributed by atoms with Crippen LogP contribution in [0.2, 0.25) is 0 Å². The highest BCUT2D eigenvalue weighted by atomic mass is 16.6. The predicted molar refractivity (Wildman–Crippen MR) is 126 cm³/mol. The van der Waals surface area contributed by atoms with Gasteiger partial charge in [0.05, 0.1) is 12.0 Å². The molecule has 0 bridgehead atoms. The zero-order chi connectivity index (χ0) is 24.0. The Hall–Kier alpha value is -3.19. The van der Waals surface area contributed by atoms with Crippen LogP contribution in [0.1, 0.15) is 57.1 Å². The Balaban J connectivity index is 1.95. The number of benzene rings is 2. The van der Waals surface area contributed by atoms with Crippen molar-refractivity contribution in [2.75, 3.05) is 6.54 Å². The van der Waals surface area contributed by atoms with Gasteiger partial charge in [-0.1, -0.05) is 48.5 Å². The molecule has 0 radical (unpaired) electrons. The second kappa shape index (κ2) is 10.6. The van der Waals surface area contributed by atoms with Crippen LogP contribution in [0.4, 0.5) is 4.79 Å². The molecule has 0 aromatic heterocycles. The molecule has 2 aromatic carbocycles. The number of hydrogen-bond acceptors (Lipinski definition) is 6. The number of rotatable bonds is 10. The average Bonchev–Trinajstić information content (AvgIpc) is 3.09. The van der Waals surface area contributed by atoms with Crippen molar-refractivity contribution < 1.29 is 23.9 Å². The topological polar surface area (TPSA) is 108 Å². The highest BCUT2D eigenvalue weighted by molar-refractivity contribution is 5.94. The number of nitrogens with one attached hydrogen (secondary N) is 1. The lowest BCUT2D eigenvalue weighted by Crippen LogP contribution is -2.49. The summed E-state index contributed by atoms with van der Waals surface area (Å²) in [5.74, 6) is -0.839. The highest BCUT2D eigenvalue weighted by Crippen LogP contribution is 2.47. The smallest absolute Gasteiger partial charge is 0.408 e. The van der Waals surface area contributed by atoms with Gasteiger partial charge in [-0.3, -0.25) is 9.59 Å². The minimum atomic E-state index is -1.09. The fourth-order valence-electron chi connectivity index (χ4n) is 4.32. The molecule has 3 N–H and O–H groups in total. The molecule has 1 amide bonds. The van der Waals surface area contributed by atoms with Crippen LogP contribution in [-0.4, -0.2) is 42.6 Å². The summed E-state index contributed by atoms with van der Waals surface area (Å²) in [6.07, 6.45) is -0.0808. The number of unbranched alkanes of at least 4 members (excludes halogenated alkanes) is 1. The summed E-state index contributed by atoms with van der Waals surface area (Å²) in [5.41, 5.74) is 8.75. The van der Waals surface area contributed by atoms with E-state index < -0.39 is 29.8 Å². The van der Waals surface area contributed by atoms with E-state index in [9.17, 15) is 14.4 Å². The molecule has 0 spiro atoms. The van der Waals surface area contributed by atoms with Crippen LogP contribution in [0.5, 0.6) is 0 Å². The number of ether oxygens (including phenoxy) is 2. The van der Waals surface area contributed by atoms with E-state index in [2.05, 4.69) is 5.32 Å². The van der Waals surface area contributed by atoms with E-state index >= 15 is 0 Å². The third kappa shape index (κ3) is 5.79. The van der Waals surface area contributed by atoms with Crippen LogP contribution in [0, 0.1) is 0 Å². The fraction of sp³-hybridized carbons (Fsp3) is 0.423. The number of carbonyl (C=O) groups is 3. The number of fused-ring (bicyclic) bond motifs is 3. The van der Waals surface area contributed by atoms with E-state index in [4.69, 9.17) is 15.2 Å². The van der Waals surface area contributed by atoms with Gasteiger partial charge in [0.15, 0.2) is 11.9 Å². The van der Waals surface area contributed by atoms with E-state index in [0.29, 0.717) is 32.3 Å². The molecule has 0 fully saturated rings. The Bertz CT molecular complexity index is 953. The molecule has 0 saturated heterocycles. The van der Waals surface area contributed by atoms with Crippen molar-refractivity contribution in [3.8, 4) is 11.1 Å². The van der Waals surface area contributed by atoms with Gasteiger partial charge < -0.3 is 20.5 Å². The van der Waals surface area contributed by atoms with Gasteiger partial charge in [-0.15, -0.1) is 0 Å². The van der Waals surface area contributed by atoms with Crippen molar-refractivity contribution in [3.05, 3.63) is 59.7 Å². The summed E-state index contributed by atoms with van der Waals surface area (Å²) in [7, 11) is 0. The maximum atomic E-state index is 13.7. The first-order valence-electron chi connectivity index (χ1n) is 11.3. The molecular formula is C26H32N2O5. The largest absolute Gasteiger partial charge is 0.455 e. The van der Waals surface area contributed by atoms with Crippen LogP contribution in [0.25, 0.3) is 11.1 Å². The zero-order valence-electron chi connectivity index (χ0n) is 19.4. The maximum Gasteiger partial charge on any atom is 0.408 e. The van der Waals surface area contributed by atoms with Gasteiger partial charge in [0.25, 0.3) is 6.47 Å². The van der Waals surface area contributed by atoms with Gasteiger partial charge in [-0.25, -0.2) is 4.79 Å². The van der Waals surface area contributed by atoms with Gasteiger partial charge in [0.1, 0.15) is 5.60 Å². The second-order valence-electron chi connectivity index (χ2n) is 9.19. The highest BCUT2D eigenvalue weighted by Gasteiger charge is 2.42. The summed E-state index contributed by atoms with van der Waals surface area (Å²) in [6, 6.07) is 14.7. The van der Waals surface area contributed by atoms with E-state index in [-0.39, 0.29) is 5.78 Å². The molecule has 7 nitrogen and oxygen atoms in total. The number of carbonyl (C=O) groups excluding carboxylic acids is 3. The molecular weight excluding hydrogens is 420 g/mol. The summed E-state index contributed by atoms with van der Waals surface area (Å²) in [5, 5.41) is 2.70. The van der Waals surface area contributed by atoms with Crippen molar-refractivity contribution in [2.45, 2.75) is 63.7 Å². The van der Waals surface area contributed by atoms with Gasteiger partial charge in [0, 0.05) is 0 Å². The first-order chi connectivity index (χ1) is 15.8. The summed E-state index contributed by atoms with van der Waals surface area (Å²) < 4.78 is 10.8. The number of hydrogen-bond donors (Lipinski definition) is 2. The molecule has 1 aliphatic rings.